The van der Waals surface area contributed by atoms with Gasteiger partial charge in [-0.3, -0.25) is 9.69 Å². The summed E-state index contributed by atoms with van der Waals surface area (Å²) >= 11 is 0. The van der Waals surface area contributed by atoms with E-state index in [9.17, 15) is 18.0 Å². The molecular weight excluding hydrogens is 372 g/mol. The molecule has 0 bridgehead atoms. The molecule has 0 aromatic heterocycles. The van der Waals surface area contributed by atoms with Gasteiger partial charge in [0.1, 0.15) is 0 Å². The van der Waals surface area contributed by atoms with Crippen molar-refractivity contribution in [2.75, 3.05) is 58.7 Å². The maximum atomic E-state index is 12.2. The van der Waals surface area contributed by atoms with Gasteiger partial charge in [0, 0.05) is 46.0 Å². The number of nitrogens with zero attached hydrogens (tertiary/aromatic N) is 3. The highest BCUT2D eigenvalue weighted by Crippen LogP contribution is 2.16. The summed E-state index contributed by atoms with van der Waals surface area (Å²) in [6.45, 7) is 4.52. The van der Waals surface area contributed by atoms with Crippen molar-refractivity contribution in [3.63, 3.8) is 0 Å². The van der Waals surface area contributed by atoms with Gasteiger partial charge in [-0.2, -0.15) is 0 Å². The van der Waals surface area contributed by atoms with E-state index in [0.717, 1.165) is 4.31 Å². The Morgan fingerprint density at radius 1 is 1.11 bits per heavy atom. The number of piperazine rings is 1. The Morgan fingerprint density at radius 3 is 2.22 bits per heavy atom. The molecule has 0 saturated carbocycles. The van der Waals surface area contributed by atoms with Gasteiger partial charge in [-0.05, 0) is 31.2 Å². The van der Waals surface area contributed by atoms with E-state index >= 15 is 0 Å². The number of amides is 2. The van der Waals surface area contributed by atoms with Gasteiger partial charge < -0.3 is 15.0 Å². The van der Waals surface area contributed by atoms with Gasteiger partial charge in [0.05, 0.1) is 18.0 Å². The number of sulfonamides is 1. The molecule has 1 N–H and O–H groups in total. The van der Waals surface area contributed by atoms with Crippen LogP contribution in [0.5, 0.6) is 0 Å². The predicted octanol–water partition coefficient (Wildman–Crippen LogP) is 0.650. The summed E-state index contributed by atoms with van der Waals surface area (Å²) in [6, 6.07) is 6.05. The fourth-order valence-corrected chi connectivity index (χ4v) is 3.53. The largest absolute Gasteiger partial charge is 0.450 e. The van der Waals surface area contributed by atoms with Crippen LogP contribution in [0.4, 0.5) is 10.5 Å². The van der Waals surface area contributed by atoms with Gasteiger partial charge in [0.15, 0.2) is 0 Å². The number of anilines is 1. The van der Waals surface area contributed by atoms with E-state index in [4.69, 9.17) is 4.74 Å². The van der Waals surface area contributed by atoms with Crippen LogP contribution in [0, 0.1) is 0 Å². The topological polar surface area (TPSA) is 99.3 Å². The first-order chi connectivity index (χ1) is 12.7. The van der Waals surface area contributed by atoms with E-state index in [-0.39, 0.29) is 23.4 Å². The Hall–Kier alpha value is -2.17. The Kier molecular flexibility index (Phi) is 7.17. The van der Waals surface area contributed by atoms with Crippen molar-refractivity contribution in [1.82, 2.24) is 14.1 Å². The molecule has 0 spiro atoms. The predicted molar refractivity (Wildman–Crippen MR) is 101 cm³/mol. The third kappa shape index (κ3) is 5.65. The quantitative estimate of drug-likeness (QED) is 0.755. The zero-order valence-corrected chi connectivity index (χ0v) is 16.7. The van der Waals surface area contributed by atoms with Crippen LogP contribution in [0.3, 0.4) is 0 Å². The number of hydrogen-bond acceptors (Lipinski definition) is 6. The van der Waals surface area contributed by atoms with Gasteiger partial charge in [0.25, 0.3) is 0 Å². The maximum Gasteiger partial charge on any atom is 0.409 e. The van der Waals surface area contributed by atoms with Crippen molar-refractivity contribution in [3.8, 4) is 0 Å². The maximum absolute atomic E-state index is 12.2. The third-order valence-electron chi connectivity index (χ3n) is 4.18. The van der Waals surface area contributed by atoms with Gasteiger partial charge in [-0.15, -0.1) is 0 Å². The van der Waals surface area contributed by atoms with Crippen LogP contribution in [0.15, 0.2) is 29.2 Å². The van der Waals surface area contributed by atoms with Crippen molar-refractivity contribution in [2.45, 2.75) is 11.8 Å². The molecule has 150 valence electrons. The molecule has 10 heteroatoms. The van der Waals surface area contributed by atoms with Crippen molar-refractivity contribution in [1.29, 1.82) is 0 Å². The van der Waals surface area contributed by atoms with Gasteiger partial charge in [0.2, 0.25) is 15.9 Å². The zero-order valence-electron chi connectivity index (χ0n) is 15.8. The molecular formula is C17H26N4O5S. The molecule has 1 aromatic rings. The lowest BCUT2D eigenvalue weighted by Gasteiger charge is -2.33. The second-order valence-corrected chi connectivity index (χ2v) is 8.47. The number of carbonyl (C=O) groups is 2. The van der Waals surface area contributed by atoms with E-state index < -0.39 is 10.0 Å². The van der Waals surface area contributed by atoms with Crippen molar-refractivity contribution in [2.24, 2.45) is 0 Å². The smallest absolute Gasteiger partial charge is 0.409 e. The zero-order chi connectivity index (χ0) is 20.0. The molecule has 1 heterocycles. The van der Waals surface area contributed by atoms with Crippen LogP contribution in [0.1, 0.15) is 6.92 Å². The molecule has 0 atom stereocenters. The highest BCUT2D eigenvalue weighted by molar-refractivity contribution is 7.89. The molecule has 2 rings (SSSR count). The van der Waals surface area contributed by atoms with Crippen LogP contribution in [0.25, 0.3) is 0 Å². The number of nitrogens with one attached hydrogen (secondary N) is 1. The highest BCUT2D eigenvalue weighted by Gasteiger charge is 2.23. The average molecular weight is 398 g/mol. The van der Waals surface area contributed by atoms with Crippen LogP contribution >= 0.6 is 0 Å². The lowest BCUT2D eigenvalue weighted by atomic mass is 10.3. The van der Waals surface area contributed by atoms with E-state index in [1.54, 1.807) is 24.0 Å². The van der Waals surface area contributed by atoms with Crippen LogP contribution < -0.4 is 5.32 Å². The fraction of sp³-hybridized carbons (Fsp3) is 0.529. The minimum atomic E-state index is -3.49. The van der Waals surface area contributed by atoms with Gasteiger partial charge in [-0.1, -0.05) is 0 Å². The summed E-state index contributed by atoms with van der Waals surface area (Å²) in [7, 11) is -0.561. The molecule has 2 amide bonds. The molecule has 1 aliphatic heterocycles. The fourth-order valence-electron chi connectivity index (χ4n) is 2.63. The van der Waals surface area contributed by atoms with Crippen molar-refractivity contribution in [3.05, 3.63) is 24.3 Å². The molecule has 1 aliphatic rings. The van der Waals surface area contributed by atoms with Crippen molar-refractivity contribution >= 4 is 27.7 Å². The van der Waals surface area contributed by atoms with Crippen LogP contribution in [-0.4, -0.2) is 87.9 Å². The Bertz CT molecular complexity index is 756. The molecule has 9 nitrogen and oxygen atoms in total. The second kappa shape index (κ2) is 9.16. The Balaban J connectivity index is 1.84. The van der Waals surface area contributed by atoms with E-state index in [0.29, 0.717) is 38.5 Å². The summed E-state index contributed by atoms with van der Waals surface area (Å²) in [5.41, 5.74) is 0.530. The third-order valence-corrected chi connectivity index (χ3v) is 6.01. The Labute approximate surface area is 159 Å². The van der Waals surface area contributed by atoms with Crippen LogP contribution in [0.2, 0.25) is 0 Å². The monoisotopic (exact) mass is 398 g/mol. The van der Waals surface area contributed by atoms with Crippen molar-refractivity contribution < 1.29 is 22.7 Å². The minimum absolute atomic E-state index is 0.167. The summed E-state index contributed by atoms with van der Waals surface area (Å²) in [5, 5.41) is 2.76. The number of hydrogen-bond donors (Lipinski definition) is 1. The first-order valence-electron chi connectivity index (χ1n) is 8.70. The molecule has 0 aliphatic carbocycles. The number of benzene rings is 1. The standard InChI is InChI=1S/C17H26N4O5S/c1-4-26-17(23)21-11-9-20(10-12-21)13-16(22)18-14-5-7-15(8-6-14)27(24,25)19(2)3/h5-8H,4,9-13H2,1-3H3,(H,18,22). The SMILES string of the molecule is CCOC(=O)N1CCN(CC(=O)Nc2ccc(S(=O)(=O)N(C)C)cc2)CC1. The number of ether oxygens (including phenoxy) is 1. The molecule has 1 fully saturated rings. The Morgan fingerprint density at radius 2 is 1.70 bits per heavy atom. The molecule has 0 unspecified atom stereocenters. The van der Waals surface area contributed by atoms with Gasteiger partial charge in [-0.25, -0.2) is 17.5 Å². The average Bonchev–Trinajstić information content (AvgIpc) is 2.62. The minimum Gasteiger partial charge on any atom is -0.450 e. The van der Waals surface area contributed by atoms with E-state index in [2.05, 4.69) is 5.32 Å². The molecule has 0 radical (unpaired) electrons. The highest BCUT2D eigenvalue weighted by atomic mass is 32.2. The molecule has 1 aromatic carbocycles. The summed E-state index contributed by atoms with van der Waals surface area (Å²) in [4.78, 5) is 27.6. The lowest BCUT2D eigenvalue weighted by Crippen LogP contribution is -2.50. The summed E-state index contributed by atoms with van der Waals surface area (Å²) < 4.78 is 30.2. The van der Waals surface area contributed by atoms with E-state index in [1.807, 2.05) is 4.90 Å². The van der Waals surface area contributed by atoms with Gasteiger partial charge >= 0.3 is 6.09 Å². The van der Waals surface area contributed by atoms with Crippen LogP contribution in [-0.2, 0) is 19.6 Å². The molecule has 1 saturated heterocycles. The summed E-state index contributed by atoms with van der Waals surface area (Å²) in [6.07, 6.45) is -0.325. The number of carbonyl (C=O) groups excluding carboxylic acids is 2. The molecule has 27 heavy (non-hydrogen) atoms. The normalized spacial score (nSPS) is 15.6. The lowest BCUT2D eigenvalue weighted by molar-refractivity contribution is -0.117. The van der Waals surface area contributed by atoms with E-state index in [1.165, 1.54) is 26.2 Å². The first-order valence-corrected chi connectivity index (χ1v) is 10.1. The summed E-state index contributed by atoms with van der Waals surface area (Å²) in [5.74, 6) is -0.192. The first kappa shape index (κ1) is 21.1. The number of rotatable bonds is 6. The second-order valence-electron chi connectivity index (χ2n) is 6.32.